The van der Waals surface area contributed by atoms with Crippen LogP contribution in [0.2, 0.25) is 5.02 Å². The van der Waals surface area contributed by atoms with Gasteiger partial charge in [0.1, 0.15) is 5.82 Å². The SMILES string of the molecule is Cc1ccc(F)c(C(O)CCN)c1Cl. The molecular weight excluding hydrogens is 205 g/mol. The van der Waals surface area contributed by atoms with E-state index < -0.39 is 11.9 Å². The zero-order chi connectivity index (χ0) is 10.7. The molecule has 1 rings (SSSR count). The van der Waals surface area contributed by atoms with E-state index >= 15 is 0 Å². The van der Waals surface area contributed by atoms with Crippen molar-refractivity contribution in [3.05, 3.63) is 34.1 Å². The highest BCUT2D eigenvalue weighted by molar-refractivity contribution is 6.32. The third-order valence-electron chi connectivity index (χ3n) is 2.09. The van der Waals surface area contributed by atoms with Crippen molar-refractivity contribution in [3.8, 4) is 0 Å². The molecule has 0 aliphatic rings. The van der Waals surface area contributed by atoms with Crippen molar-refractivity contribution in [1.29, 1.82) is 0 Å². The lowest BCUT2D eigenvalue weighted by Gasteiger charge is -2.13. The first-order valence-electron chi connectivity index (χ1n) is 4.40. The van der Waals surface area contributed by atoms with E-state index in [-0.39, 0.29) is 10.6 Å². The number of benzene rings is 1. The summed E-state index contributed by atoms with van der Waals surface area (Å²) >= 11 is 5.89. The van der Waals surface area contributed by atoms with Crippen LogP contribution in [0.3, 0.4) is 0 Å². The monoisotopic (exact) mass is 217 g/mol. The highest BCUT2D eigenvalue weighted by Crippen LogP contribution is 2.30. The van der Waals surface area contributed by atoms with Crippen LogP contribution in [0.1, 0.15) is 23.7 Å². The summed E-state index contributed by atoms with van der Waals surface area (Å²) in [5.74, 6) is -0.485. The van der Waals surface area contributed by atoms with Gasteiger partial charge in [0, 0.05) is 5.56 Å². The summed E-state index contributed by atoms with van der Waals surface area (Å²) in [6.07, 6.45) is -0.618. The fourth-order valence-corrected chi connectivity index (χ4v) is 1.57. The Kier molecular flexibility index (Phi) is 3.86. The Morgan fingerprint density at radius 2 is 2.21 bits per heavy atom. The summed E-state index contributed by atoms with van der Waals surface area (Å²) in [7, 11) is 0. The van der Waals surface area contributed by atoms with Crippen molar-refractivity contribution in [2.45, 2.75) is 19.4 Å². The Labute approximate surface area is 87.5 Å². The molecule has 4 heteroatoms. The zero-order valence-electron chi connectivity index (χ0n) is 7.93. The van der Waals surface area contributed by atoms with Gasteiger partial charge in [-0.25, -0.2) is 4.39 Å². The van der Waals surface area contributed by atoms with E-state index in [1.807, 2.05) is 0 Å². The molecular formula is C10H13ClFNO. The van der Waals surface area contributed by atoms with Gasteiger partial charge >= 0.3 is 0 Å². The molecule has 0 amide bonds. The molecule has 78 valence electrons. The lowest BCUT2D eigenvalue weighted by Crippen LogP contribution is -2.09. The second kappa shape index (κ2) is 4.73. The number of aliphatic hydroxyl groups excluding tert-OH is 1. The first-order chi connectivity index (χ1) is 6.57. The van der Waals surface area contributed by atoms with Crippen molar-refractivity contribution in [1.82, 2.24) is 0 Å². The number of hydrogen-bond donors (Lipinski definition) is 2. The molecule has 0 aliphatic carbocycles. The van der Waals surface area contributed by atoms with E-state index in [9.17, 15) is 9.50 Å². The summed E-state index contributed by atoms with van der Waals surface area (Å²) in [4.78, 5) is 0. The first kappa shape index (κ1) is 11.4. The van der Waals surface area contributed by atoms with Gasteiger partial charge in [0.05, 0.1) is 11.1 Å². The number of nitrogens with two attached hydrogens (primary N) is 1. The van der Waals surface area contributed by atoms with E-state index in [1.54, 1.807) is 13.0 Å². The smallest absolute Gasteiger partial charge is 0.130 e. The third kappa shape index (κ3) is 2.23. The van der Waals surface area contributed by atoms with Crippen LogP contribution >= 0.6 is 11.6 Å². The lowest BCUT2D eigenvalue weighted by molar-refractivity contribution is 0.165. The molecule has 0 bridgehead atoms. The lowest BCUT2D eigenvalue weighted by atomic mass is 10.0. The molecule has 0 aliphatic heterocycles. The van der Waals surface area contributed by atoms with Crippen LogP contribution in [0.5, 0.6) is 0 Å². The first-order valence-corrected chi connectivity index (χ1v) is 4.78. The van der Waals surface area contributed by atoms with Crippen molar-refractivity contribution >= 4 is 11.6 Å². The van der Waals surface area contributed by atoms with Gasteiger partial charge in [-0.15, -0.1) is 0 Å². The molecule has 0 saturated heterocycles. The maximum Gasteiger partial charge on any atom is 0.130 e. The molecule has 0 heterocycles. The molecule has 0 aromatic heterocycles. The van der Waals surface area contributed by atoms with E-state index in [4.69, 9.17) is 17.3 Å². The van der Waals surface area contributed by atoms with Gasteiger partial charge in [0.2, 0.25) is 0 Å². The molecule has 0 saturated carbocycles. The Bertz CT molecular complexity index is 330. The predicted molar refractivity (Wildman–Crippen MR) is 54.8 cm³/mol. The highest BCUT2D eigenvalue weighted by atomic mass is 35.5. The normalized spacial score (nSPS) is 12.9. The fourth-order valence-electron chi connectivity index (χ4n) is 1.29. The molecule has 0 fully saturated rings. The zero-order valence-corrected chi connectivity index (χ0v) is 8.68. The summed E-state index contributed by atoms with van der Waals surface area (Å²) < 4.78 is 13.3. The minimum Gasteiger partial charge on any atom is -0.388 e. The molecule has 1 aromatic rings. The molecule has 0 spiro atoms. The number of rotatable bonds is 3. The Hall–Kier alpha value is -0.640. The molecule has 1 atom stereocenters. The van der Waals surface area contributed by atoms with Crippen LogP contribution in [0.25, 0.3) is 0 Å². The topological polar surface area (TPSA) is 46.2 Å². The molecule has 14 heavy (non-hydrogen) atoms. The second-order valence-corrected chi connectivity index (χ2v) is 3.56. The quantitative estimate of drug-likeness (QED) is 0.815. The summed E-state index contributed by atoms with van der Waals surface area (Å²) in [5.41, 5.74) is 6.18. The molecule has 2 nitrogen and oxygen atoms in total. The van der Waals surface area contributed by atoms with Gasteiger partial charge in [-0.3, -0.25) is 0 Å². The van der Waals surface area contributed by atoms with Crippen LogP contribution < -0.4 is 5.73 Å². The van der Waals surface area contributed by atoms with Crippen LogP contribution in [0.15, 0.2) is 12.1 Å². The van der Waals surface area contributed by atoms with Crippen LogP contribution in [0.4, 0.5) is 4.39 Å². The van der Waals surface area contributed by atoms with Crippen LogP contribution in [-0.2, 0) is 0 Å². The largest absolute Gasteiger partial charge is 0.388 e. The van der Waals surface area contributed by atoms with Crippen LogP contribution in [-0.4, -0.2) is 11.7 Å². The van der Waals surface area contributed by atoms with E-state index in [2.05, 4.69) is 0 Å². The van der Waals surface area contributed by atoms with E-state index in [0.29, 0.717) is 13.0 Å². The standard InChI is InChI=1S/C10H13ClFNO/c1-6-2-3-7(12)9(10(6)11)8(14)4-5-13/h2-3,8,14H,4-5,13H2,1H3. The second-order valence-electron chi connectivity index (χ2n) is 3.19. The van der Waals surface area contributed by atoms with Gasteiger partial charge in [-0.1, -0.05) is 17.7 Å². The maximum absolute atomic E-state index is 13.3. The molecule has 0 radical (unpaired) electrons. The summed E-state index contributed by atoms with van der Waals surface area (Å²) in [6.45, 7) is 2.06. The Balaban J connectivity index is 3.11. The Morgan fingerprint density at radius 3 is 2.79 bits per heavy atom. The molecule has 1 aromatic carbocycles. The van der Waals surface area contributed by atoms with Gasteiger partial charge < -0.3 is 10.8 Å². The van der Waals surface area contributed by atoms with Gasteiger partial charge in [-0.05, 0) is 31.5 Å². The van der Waals surface area contributed by atoms with Crippen molar-refractivity contribution in [3.63, 3.8) is 0 Å². The summed E-state index contributed by atoms with van der Waals surface area (Å²) in [6, 6.07) is 2.88. The number of halogens is 2. The van der Waals surface area contributed by atoms with Gasteiger partial charge in [-0.2, -0.15) is 0 Å². The van der Waals surface area contributed by atoms with Gasteiger partial charge in [0.25, 0.3) is 0 Å². The molecule has 1 unspecified atom stereocenters. The van der Waals surface area contributed by atoms with Gasteiger partial charge in [0.15, 0.2) is 0 Å². The van der Waals surface area contributed by atoms with E-state index in [1.165, 1.54) is 6.07 Å². The fraction of sp³-hybridized carbons (Fsp3) is 0.400. The van der Waals surface area contributed by atoms with Crippen molar-refractivity contribution < 1.29 is 9.50 Å². The minimum absolute atomic E-state index is 0.150. The average Bonchev–Trinajstić information content (AvgIpc) is 2.13. The summed E-state index contributed by atoms with van der Waals surface area (Å²) in [5, 5.41) is 9.89. The number of aryl methyl sites for hydroxylation is 1. The molecule has 3 N–H and O–H groups in total. The number of aliphatic hydroxyl groups is 1. The number of hydrogen-bond acceptors (Lipinski definition) is 2. The average molecular weight is 218 g/mol. The van der Waals surface area contributed by atoms with Crippen molar-refractivity contribution in [2.75, 3.05) is 6.54 Å². The highest BCUT2D eigenvalue weighted by Gasteiger charge is 2.17. The van der Waals surface area contributed by atoms with E-state index in [0.717, 1.165) is 5.56 Å². The van der Waals surface area contributed by atoms with Crippen molar-refractivity contribution in [2.24, 2.45) is 5.73 Å². The van der Waals surface area contributed by atoms with Crippen LogP contribution in [0, 0.1) is 12.7 Å². The minimum atomic E-state index is -0.924. The Morgan fingerprint density at radius 1 is 1.57 bits per heavy atom. The third-order valence-corrected chi connectivity index (χ3v) is 2.59. The predicted octanol–water partition coefficient (Wildman–Crippen LogP) is 2.17. The maximum atomic E-state index is 13.3.